The van der Waals surface area contributed by atoms with Crippen LogP contribution in [0.4, 0.5) is 0 Å². The average molecular weight is 415 g/mol. The number of nitrogens with one attached hydrogen (secondary N) is 1. The van der Waals surface area contributed by atoms with Gasteiger partial charge in [-0.05, 0) is 54.0 Å². The number of hydrogen-bond donors (Lipinski definition) is 2. The van der Waals surface area contributed by atoms with Crippen LogP contribution in [-0.2, 0) is 4.79 Å². The first-order valence-corrected chi connectivity index (χ1v) is 9.12. The molecule has 1 aliphatic heterocycles. The molecule has 26 heavy (non-hydrogen) atoms. The number of rotatable bonds is 4. The first-order valence-electron chi connectivity index (χ1n) is 8.33. The van der Waals surface area contributed by atoms with Crippen molar-refractivity contribution < 1.29 is 14.7 Å². The van der Waals surface area contributed by atoms with E-state index in [-0.39, 0.29) is 24.1 Å². The molecule has 2 amide bonds. The molecule has 2 aromatic carbocycles. The molecule has 0 spiro atoms. The molecule has 134 valence electrons. The van der Waals surface area contributed by atoms with Gasteiger partial charge >= 0.3 is 0 Å². The zero-order valence-electron chi connectivity index (χ0n) is 14.1. The van der Waals surface area contributed by atoms with E-state index in [0.717, 1.165) is 22.0 Å². The van der Waals surface area contributed by atoms with E-state index in [1.807, 2.05) is 18.2 Å². The first-order chi connectivity index (χ1) is 12.5. The number of phenolic OH excluding ortho intramolecular Hbond substituents is 1. The maximum Gasteiger partial charge on any atom is 0.251 e. The highest BCUT2D eigenvalue weighted by molar-refractivity contribution is 9.10. The molecule has 6 heteroatoms. The third-order valence-electron chi connectivity index (χ3n) is 4.31. The Bertz CT molecular complexity index is 829. The highest BCUT2D eigenvalue weighted by Gasteiger charge is 2.18. The number of amides is 2. The third kappa shape index (κ3) is 4.52. The first kappa shape index (κ1) is 18.2. The molecule has 0 unspecified atom stereocenters. The van der Waals surface area contributed by atoms with Crippen molar-refractivity contribution in [3.8, 4) is 5.75 Å². The summed E-state index contributed by atoms with van der Waals surface area (Å²) in [5.41, 5.74) is 2.74. The highest BCUT2D eigenvalue weighted by atomic mass is 79.9. The molecule has 0 saturated carbocycles. The Morgan fingerprint density at radius 2 is 1.77 bits per heavy atom. The van der Waals surface area contributed by atoms with Gasteiger partial charge in [-0.2, -0.15) is 0 Å². The summed E-state index contributed by atoms with van der Waals surface area (Å²) in [6.07, 6.45) is 2.77. The third-order valence-corrected chi connectivity index (χ3v) is 4.84. The van der Waals surface area contributed by atoms with Gasteiger partial charge in [0, 0.05) is 23.1 Å². The second-order valence-corrected chi connectivity index (χ2v) is 6.97. The number of aromatic hydroxyl groups is 1. The molecular formula is C20H19BrN2O3. The van der Waals surface area contributed by atoms with Gasteiger partial charge < -0.3 is 15.3 Å². The van der Waals surface area contributed by atoms with E-state index in [2.05, 4.69) is 21.2 Å². The van der Waals surface area contributed by atoms with Crippen LogP contribution in [0.5, 0.6) is 5.75 Å². The summed E-state index contributed by atoms with van der Waals surface area (Å²) in [5, 5.41) is 12.0. The van der Waals surface area contributed by atoms with E-state index in [4.69, 9.17) is 0 Å². The molecule has 5 nitrogen and oxygen atoms in total. The fourth-order valence-corrected chi connectivity index (χ4v) is 3.07. The number of benzene rings is 2. The molecule has 2 N–H and O–H groups in total. The highest BCUT2D eigenvalue weighted by Crippen LogP contribution is 2.24. The van der Waals surface area contributed by atoms with Gasteiger partial charge in [-0.25, -0.2) is 0 Å². The molecule has 0 aromatic heterocycles. The Hall–Kier alpha value is -2.60. The lowest BCUT2D eigenvalue weighted by molar-refractivity contribution is -0.129. The summed E-state index contributed by atoms with van der Waals surface area (Å²) < 4.78 is 0.898. The fourth-order valence-electron chi connectivity index (χ4n) is 2.80. The molecule has 0 radical (unpaired) electrons. The summed E-state index contributed by atoms with van der Waals surface area (Å²) in [7, 11) is 0. The van der Waals surface area contributed by atoms with Crippen LogP contribution in [0, 0.1) is 0 Å². The van der Waals surface area contributed by atoms with E-state index in [9.17, 15) is 14.7 Å². The van der Waals surface area contributed by atoms with Crippen molar-refractivity contribution in [2.75, 3.05) is 19.6 Å². The van der Waals surface area contributed by atoms with Crippen LogP contribution < -0.4 is 5.32 Å². The molecule has 2 aromatic rings. The predicted octanol–water partition coefficient (Wildman–Crippen LogP) is 3.20. The molecule has 3 rings (SSSR count). The molecule has 0 saturated heterocycles. The second-order valence-electron chi connectivity index (χ2n) is 6.06. The predicted molar refractivity (Wildman–Crippen MR) is 104 cm³/mol. The summed E-state index contributed by atoms with van der Waals surface area (Å²) in [4.78, 5) is 26.1. The van der Waals surface area contributed by atoms with E-state index in [1.54, 1.807) is 41.3 Å². The Labute approximate surface area is 160 Å². The molecular weight excluding hydrogens is 396 g/mol. The topological polar surface area (TPSA) is 69.6 Å². The minimum Gasteiger partial charge on any atom is -0.508 e. The quantitative estimate of drug-likeness (QED) is 0.806. The maximum absolute atomic E-state index is 12.3. The second kappa shape index (κ2) is 8.19. The van der Waals surface area contributed by atoms with Crippen LogP contribution in [0.2, 0.25) is 0 Å². The van der Waals surface area contributed by atoms with Gasteiger partial charge in [0.15, 0.2) is 0 Å². The van der Waals surface area contributed by atoms with Gasteiger partial charge in [-0.1, -0.05) is 34.1 Å². The van der Waals surface area contributed by atoms with Crippen molar-refractivity contribution >= 4 is 33.3 Å². The van der Waals surface area contributed by atoms with Crippen LogP contribution in [0.15, 0.2) is 59.1 Å². The van der Waals surface area contributed by atoms with E-state index in [1.165, 1.54) is 0 Å². The molecule has 0 bridgehead atoms. The van der Waals surface area contributed by atoms with Gasteiger partial charge in [0.2, 0.25) is 5.91 Å². The molecule has 0 atom stereocenters. The Morgan fingerprint density at radius 1 is 1.08 bits per heavy atom. The summed E-state index contributed by atoms with van der Waals surface area (Å²) >= 11 is 3.32. The van der Waals surface area contributed by atoms with Crippen molar-refractivity contribution in [1.82, 2.24) is 10.2 Å². The van der Waals surface area contributed by atoms with E-state index < -0.39 is 0 Å². The fraction of sp³-hybridized carbons (Fsp3) is 0.200. The molecule has 0 aliphatic carbocycles. The lowest BCUT2D eigenvalue weighted by Crippen LogP contribution is -2.42. The van der Waals surface area contributed by atoms with Crippen molar-refractivity contribution in [1.29, 1.82) is 0 Å². The number of phenols is 1. The lowest BCUT2D eigenvalue weighted by atomic mass is 9.99. The zero-order valence-corrected chi connectivity index (χ0v) is 15.7. The van der Waals surface area contributed by atoms with Gasteiger partial charge in [0.1, 0.15) is 5.75 Å². The van der Waals surface area contributed by atoms with Crippen molar-refractivity contribution in [2.45, 2.75) is 6.42 Å². The lowest BCUT2D eigenvalue weighted by Gasteiger charge is -2.27. The standard InChI is InChI=1S/C20H19BrN2O3/c21-17-5-1-16(2-6-17)20(26)22-13-19(25)23-11-9-15(10-12-23)14-3-7-18(24)8-4-14/h1-9,24H,10-13H2,(H,22,26). The van der Waals surface area contributed by atoms with Gasteiger partial charge in [-0.3, -0.25) is 9.59 Å². The summed E-state index contributed by atoms with van der Waals surface area (Å²) in [6, 6.07) is 14.0. The summed E-state index contributed by atoms with van der Waals surface area (Å²) in [6.45, 7) is 1.11. The van der Waals surface area contributed by atoms with Gasteiger partial charge in [-0.15, -0.1) is 0 Å². The Balaban J connectivity index is 1.52. The minimum atomic E-state index is -0.261. The van der Waals surface area contributed by atoms with Crippen LogP contribution in [0.25, 0.3) is 5.57 Å². The molecule has 0 fully saturated rings. The van der Waals surface area contributed by atoms with Crippen molar-refractivity contribution in [2.24, 2.45) is 0 Å². The van der Waals surface area contributed by atoms with Gasteiger partial charge in [0.05, 0.1) is 6.54 Å². The van der Waals surface area contributed by atoms with E-state index >= 15 is 0 Å². The van der Waals surface area contributed by atoms with Crippen LogP contribution in [-0.4, -0.2) is 41.5 Å². The number of nitrogens with zero attached hydrogens (tertiary/aromatic N) is 1. The van der Waals surface area contributed by atoms with E-state index in [0.29, 0.717) is 18.7 Å². The minimum absolute atomic E-state index is 0.0166. The average Bonchev–Trinajstić information content (AvgIpc) is 2.67. The maximum atomic E-state index is 12.3. The number of halogens is 1. The monoisotopic (exact) mass is 414 g/mol. The van der Waals surface area contributed by atoms with Crippen LogP contribution in [0.1, 0.15) is 22.3 Å². The largest absolute Gasteiger partial charge is 0.508 e. The van der Waals surface area contributed by atoms with Gasteiger partial charge in [0.25, 0.3) is 5.91 Å². The Morgan fingerprint density at radius 3 is 2.38 bits per heavy atom. The molecule has 1 heterocycles. The normalized spacial score (nSPS) is 13.9. The smallest absolute Gasteiger partial charge is 0.251 e. The van der Waals surface area contributed by atoms with Crippen LogP contribution >= 0.6 is 15.9 Å². The van der Waals surface area contributed by atoms with Crippen molar-refractivity contribution in [3.05, 3.63) is 70.2 Å². The number of carbonyl (C=O) groups excluding carboxylic acids is 2. The SMILES string of the molecule is O=C(NCC(=O)N1CC=C(c2ccc(O)cc2)CC1)c1ccc(Br)cc1. The van der Waals surface area contributed by atoms with Crippen molar-refractivity contribution in [3.63, 3.8) is 0 Å². The zero-order chi connectivity index (χ0) is 18.5. The number of carbonyl (C=O) groups is 2. The van der Waals surface area contributed by atoms with Crippen LogP contribution in [0.3, 0.4) is 0 Å². The Kier molecular flexibility index (Phi) is 5.73. The number of hydrogen-bond acceptors (Lipinski definition) is 3. The molecule has 1 aliphatic rings. The summed E-state index contributed by atoms with van der Waals surface area (Å²) in [5.74, 6) is -0.122.